The first kappa shape index (κ1) is 12.2. The van der Waals surface area contributed by atoms with Crippen LogP contribution >= 0.6 is 0 Å². The maximum atomic E-state index is 5.58. The molecule has 0 aromatic carbocycles. The molecule has 0 atom stereocenters. The summed E-state index contributed by atoms with van der Waals surface area (Å²) >= 11 is 0. The van der Waals surface area contributed by atoms with Crippen LogP contribution in [0.25, 0.3) is 11.0 Å². The van der Waals surface area contributed by atoms with Crippen LogP contribution in [0.5, 0.6) is 0 Å². The van der Waals surface area contributed by atoms with Crippen molar-refractivity contribution < 1.29 is 4.42 Å². The average Bonchev–Trinajstić information content (AvgIpc) is 2.59. The van der Waals surface area contributed by atoms with Crippen molar-refractivity contribution in [3.05, 3.63) is 29.8 Å². The summed E-state index contributed by atoms with van der Waals surface area (Å²) in [5.41, 5.74) is 3.15. The molecule has 92 valence electrons. The topological polar surface area (TPSA) is 26.0 Å². The number of nitrogens with zero attached hydrogens (tertiary/aromatic N) is 1. The number of aromatic nitrogens is 1. The first-order chi connectivity index (χ1) is 7.69. The summed E-state index contributed by atoms with van der Waals surface area (Å²) in [5, 5.41) is 1.15. The van der Waals surface area contributed by atoms with Gasteiger partial charge >= 0.3 is 0 Å². The second-order valence-corrected chi connectivity index (χ2v) is 6.70. The lowest BCUT2D eigenvalue weighted by molar-refractivity contribution is 0.519. The van der Waals surface area contributed by atoms with E-state index >= 15 is 0 Å². The smallest absolute Gasteiger partial charge is 0.155 e. The first-order valence-corrected chi connectivity index (χ1v) is 6.09. The number of hydrogen-bond donors (Lipinski definition) is 0. The average molecular weight is 231 g/mol. The number of rotatable bonds is 0. The van der Waals surface area contributed by atoms with Gasteiger partial charge in [0, 0.05) is 21.9 Å². The summed E-state index contributed by atoms with van der Waals surface area (Å²) in [6.45, 7) is 13.1. The molecule has 0 N–H and O–H groups in total. The maximum Gasteiger partial charge on any atom is 0.155 e. The molecule has 2 nitrogen and oxygen atoms in total. The van der Waals surface area contributed by atoms with Crippen molar-refractivity contribution in [3.8, 4) is 0 Å². The van der Waals surface area contributed by atoms with E-state index in [1.807, 2.05) is 6.07 Å². The zero-order valence-corrected chi connectivity index (χ0v) is 11.6. The Labute approximate surface area is 103 Å². The van der Waals surface area contributed by atoms with Crippen molar-refractivity contribution in [2.24, 2.45) is 0 Å². The molecule has 0 saturated heterocycles. The van der Waals surface area contributed by atoms with Gasteiger partial charge in [0.25, 0.3) is 0 Å². The molecule has 0 radical (unpaired) electrons. The van der Waals surface area contributed by atoms with Crippen LogP contribution in [0, 0.1) is 0 Å². The summed E-state index contributed by atoms with van der Waals surface area (Å²) < 4.78 is 5.58. The molecule has 2 aromatic rings. The molecule has 0 bridgehead atoms. The molecular weight excluding hydrogens is 210 g/mol. The molecule has 0 saturated carbocycles. The van der Waals surface area contributed by atoms with E-state index in [1.54, 1.807) is 6.26 Å². The van der Waals surface area contributed by atoms with Crippen LogP contribution in [0.1, 0.15) is 52.9 Å². The third-order valence-corrected chi connectivity index (χ3v) is 2.91. The van der Waals surface area contributed by atoms with Gasteiger partial charge in [-0.05, 0) is 12.1 Å². The standard InChI is InChI=1S/C15H21NO/c1-14(2,3)11-9-10-7-8-17-12(10)13(16-11)15(4,5)6/h7-9H,1-6H3. The first-order valence-electron chi connectivity index (χ1n) is 6.09. The second kappa shape index (κ2) is 3.59. The van der Waals surface area contributed by atoms with Gasteiger partial charge in [0.15, 0.2) is 5.58 Å². The van der Waals surface area contributed by atoms with Crippen molar-refractivity contribution in [1.29, 1.82) is 0 Å². The van der Waals surface area contributed by atoms with Crippen LogP contribution in [0.4, 0.5) is 0 Å². The molecule has 0 fully saturated rings. The predicted octanol–water partition coefficient (Wildman–Crippen LogP) is 4.42. The molecular formula is C15H21NO. The fourth-order valence-corrected chi connectivity index (χ4v) is 1.87. The molecule has 0 amide bonds. The van der Waals surface area contributed by atoms with E-state index in [4.69, 9.17) is 9.40 Å². The normalized spacial score (nSPS) is 13.3. The van der Waals surface area contributed by atoms with Crippen LogP contribution in [0.2, 0.25) is 0 Å². The third kappa shape index (κ3) is 2.21. The molecule has 2 heteroatoms. The predicted molar refractivity (Wildman–Crippen MR) is 71.4 cm³/mol. The van der Waals surface area contributed by atoms with Crippen molar-refractivity contribution >= 4 is 11.0 Å². The molecule has 2 aromatic heterocycles. The minimum Gasteiger partial charge on any atom is -0.462 e. The third-order valence-electron chi connectivity index (χ3n) is 2.91. The van der Waals surface area contributed by atoms with E-state index in [9.17, 15) is 0 Å². The zero-order valence-electron chi connectivity index (χ0n) is 11.6. The monoisotopic (exact) mass is 231 g/mol. The molecule has 17 heavy (non-hydrogen) atoms. The van der Waals surface area contributed by atoms with E-state index in [0.29, 0.717) is 0 Å². The summed E-state index contributed by atoms with van der Waals surface area (Å²) in [7, 11) is 0. The Bertz CT molecular complexity index is 538. The minimum absolute atomic E-state index is 0.00262. The quantitative estimate of drug-likeness (QED) is 0.670. The lowest BCUT2D eigenvalue weighted by Gasteiger charge is -2.23. The van der Waals surface area contributed by atoms with Gasteiger partial charge in [-0.1, -0.05) is 41.5 Å². The van der Waals surface area contributed by atoms with Gasteiger partial charge in [-0.15, -0.1) is 0 Å². The summed E-state index contributed by atoms with van der Waals surface area (Å²) in [4.78, 5) is 4.82. The van der Waals surface area contributed by atoms with Crippen LogP contribution in [-0.2, 0) is 10.8 Å². The Balaban J connectivity index is 2.76. The van der Waals surface area contributed by atoms with Crippen molar-refractivity contribution in [2.75, 3.05) is 0 Å². The molecule has 2 rings (SSSR count). The SMILES string of the molecule is CC(C)(C)c1cc2ccoc2c(C(C)(C)C)n1. The Morgan fingerprint density at radius 3 is 2.18 bits per heavy atom. The highest BCUT2D eigenvalue weighted by molar-refractivity contribution is 5.80. The molecule has 0 aliphatic rings. The Kier molecular flexibility index (Phi) is 2.57. The lowest BCUT2D eigenvalue weighted by Crippen LogP contribution is -2.20. The molecule has 0 aliphatic carbocycles. The number of furan rings is 1. The van der Waals surface area contributed by atoms with Crippen LogP contribution < -0.4 is 0 Å². The number of hydrogen-bond acceptors (Lipinski definition) is 2. The summed E-state index contributed by atoms with van der Waals surface area (Å²) in [5.74, 6) is 0. The fourth-order valence-electron chi connectivity index (χ4n) is 1.87. The molecule has 0 aliphatic heterocycles. The zero-order chi connectivity index (χ0) is 12.8. The Hall–Kier alpha value is -1.31. The Morgan fingerprint density at radius 1 is 1.00 bits per heavy atom. The van der Waals surface area contributed by atoms with Crippen molar-refractivity contribution in [2.45, 2.75) is 52.4 Å². The van der Waals surface area contributed by atoms with Gasteiger partial charge in [0.1, 0.15) is 0 Å². The van der Waals surface area contributed by atoms with Crippen LogP contribution in [-0.4, -0.2) is 4.98 Å². The van der Waals surface area contributed by atoms with Crippen LogP contribution in [0.15, 0.2) is 22.8 Å². The van der Waals surface area contributed by atoms with Gasteiger partial charge in [0.05, 0.1) is 12.0 Å². The fraction of sp³-hybridized carbons (Fsp3) is 0.533. The van der Waals surface area contributed by atoms with E-state index in [1.165, 1.54) is 0 Å². The lowest BCUT2D eigenvalue weighted by atomic mass is 9.87. The van der Waals surface area contributed by atoms with E-state index in [2.05, 4.69) is 47.6 Å². The van der Waals surface area contributed by atoms with E-state index < -0.39 is 0 Å². The van der Waals surface area contributed by atoms with Gasteiger partial charge in [0.2, 0.25) is 0 Å². The van der Waals surface area contributed by atoms with Gasteiger partial charge < -0.3 is 4.42 Å². The van der Waals surface area contributed by atoms with E-state index in [0.717, 1.165) is 22.4 Å². The van der Waals surface area contributed by atoms with Crippen LogP contribution in [0.3, 0.4) is 0 Å². The molecule has 0 spiro atoms. The highest BCUT2D eigenvalue weighted by Crippen LogP contribution is 2.32. The van der Waals surface area contributed by atoms with E-state index in [-0.39, 0.29) is 10.8 Å². The number of fused-ring (bicyclic) bond motifs is 1. The summed E-state index contributed by atoms with van der Waals surface area (Å²) in [6, 6.07) is 4.15. The number of pyridine rings is 1. The molecule has 0 unspecified atom stereocenters. The minimum atomic E-state index is -0.00262. The van der Waals surface area contributed by atoms with Gasteiger partial charge in [-0.2, -0.15) is 0 Å². The maximum absolute atomic E-state index is 5.58. The highest BCUT2D eigenvalue weighted by atomic mass is 16.3. The van der Waals surface area contributed by atoms with Gasteiger partial charge in [-0.3, -0.25) is 4.98 Å². The van der Waals surface area contributed by atoms with Gasteiger partial charge in [-0.25, -0.2) is 0 Å². The summed E-state index contributed by atoms with van der Waals surface area (Å²) in [6.07, 6.45) is 1.74. The highest BCUT2D eigenvalue weighted by Gasteiger charge is 2.25. The Morgan fingerprint density at radius 2 is 1.65 bits per heavy atom. The largest absolute Gasteiger partial charge is 0.462 e. The van der Waals surface area contributed by atoms with Crippen molar-refractivity contribution in [1.82, 2.24) is 4.98 Å². The second-order valence-electron chi connectivity index (χ2n) is 6.70. The van der Waals surface area contributed by atoms with Crippen molar-refractivity contribution in [3.63, 3.8) is 0 Å². The molecule has 2 heterocycles.